The number of hydrogen-bond acceptors (Lipinski definition) is 5. The van der Waals surface area contributed by atoms with E-state index < -0.39 is 0 Å². The number of phenolic OH excluding ortho intramolecular Hbond substituents is 1. The third-order valence-corrected chi connectivity index (χ3v) is 5.29. The SMILES string of the molecule is Cc1ccc(O)c(C)c1-c1cnc2[nH]c(-c3cnc4[nH]ncc4c3)cc2c1C#N. The summed E-state index contributed by atoms with van der Waals surface area (Å²) in [4.78, 5) is 12.2. The Balaban J connectivity index is 1.74. The molecule has 7 nitrogen and oxygen atoms in total. The van der Waals surface area contributed by atoms with Gasteiger partial charge in [0.2, 0.25) is 0 Å². The van der Waals surface area contributed by atoms with Gasteiger partial charge in [-0.3, -0.25) is 5.10 Å². The number of fused-ring (bicyclic) bond motifs is 2. The summed E-state index contributed by atoms with van der Waals surface area (Å²) in [5.41, 5.74) is 6.82. The molecule has 1 aromatic carbocycles. The maximum Gasteiger partial charge on any atom is 0.155 e. The molecule has 4 heterocycles. The lowest BCUT2D eigenvalue weighted by atomic mass is 9.92. The Hall–Kier alpha value is -4.18. The quantitative estimate of drug-likeness (QED) is 0.421. The lowest BCUT2D eigenvalue weighted by molar-refractivity contribution is 0.471. The van der Waals surface area contributed by atoms with Crippen LogP contribution in [0.5, 0.6) is 5.75 Å². The number of aromatic nitrogens is 5. The van der Waals surface area contributed by atoms with Crippen LogP contribution in [0.3, 0.4) is 0 Å². The van der Waals surface area contributed by atoms with Crippen LogP contribution in [-0.4, -0.2) is 30.3 Å². The first-order chi connectivity index (χ1) is 14.1. The van der Waals surface area contributed by atoms with Crippen LogP contribution < -0.4 is 0 Å². The molecule has 0 radical (unpaired) electrons. The summed E-state index contributed by atoms with van der Waals surface area (Å²) < 4.78 is 0. The molecule has 0 aliphatic carbocycles. The average Bonchev–Trinajstić information content (AvgIpc) is 3.37. The molecule has 0 unspecified atom stereocenters. The van der Waals surface area contributed by atoms with E-state index in [9.17, 15) is 10.4 Å². The summed E-state index contributed by atoms with van der Waals surface area (Å²) in [6, 6.07) is 9.74. The highest BCUT2D eigenvalue weighted by molar-refractivity contribution is 5.95. The summed E-state index contributed by atoms with van der Waals surface area (Å²) in [6.45, 7) is 3.80. The van der Waals surface area contributed by atoms with Crippen molar-refractivity contribution >= 4 is 22.1 Å². The number of pyridine rings is 2. The molecule has 5 rings (SSSR count). The van der Waals surface area contributed by atoms with Crippen molar-refractivity contribution in [2.24, 2.45) is 0 Å². The van der Waals surface area contributed by atoms with Crippen LogP contribution in [0, 0.1) is 25.2 Å². The van der Waals surface area contributed by atoms with Crippen molar-refractivity contribution in [3.63, 3.8) is 0 Å². The number of aryl methyl sites for hydroxylation is 1. The fourth-order valence-electron chi connectivity index (χ4n) is 3.77. The Labute approximate surface area is 165 Å². The van der Waals surface area contributed by atoms with E-state index in [2.05, 4.69) is 31.2 Å². The second-order valence-electron chi connectivity index (χ2n) is 7.04. The number of hydrogen-bond donors (Lipinski definition) is 3. The Morgan fingerprint density at radius 2 is 1.86 bits per heavy atom. The highest BCUT2D eigenvalue weighted by atomic mass is 16.3. The number of nitrogens with zero attached hydrogens (tertiary/aromatic N) is 4. The molecular formula is C22H16N6O. The van der Waals surface area contributed by atoms with Crippen molar-refractivity contribution in [2.45, 2.75) is 13.8 Å². The van der Waals surface area contributed by atoms with Crippen molar-refractivity contribution < 1.29 is 5.11 Å². The maximum absolute atomic E-state index is 10.2. The van der Waals surface area contributed by atoms with Crippen molar-refractivity contribution in [3.05, 3.63) is 59.5 Å². The number of nitriles is 1. The molecule has 0 saturated carbocycles. The summed E-state index contributed by atoms with van der Waals surface area (Å²) in [7, 11) is 0. The van der Waals surface area contributed by atoms with Gasteiger partial charge < -0.3 is 10.1 Å². The van der Waals surface area contributed by atoms with Gasteiger partial charge >= 0.3 is 0 Å². The van der Waals surface area contributed by atoms with E-state index in [-0.39, 0.29) is 5.75 Å². The van der Waals surface area contributed by atoms with Crippen LogP contribution in [0.25, 0.3) is 44.5 Å². The number of nitrogens with one attached hydrogen (secondary N) is 2. The van der Waals surface area contributed by atoms with Gasteiger partial charge in [-0.2, -0.15) is 10.4 Å². The third-order valence-electron chi connectivity index (χ3n) is 5.29. The van der Waals surface area contributed by atoms with Gasteiger partial charge in [-0.1, -0.05) is 6.07 Å². The topological polar surface area (TPSA) is 114 Å². The standard InChI is InChI=1S/C22H16N6O/c1-11-3-4-19(29)12(2)20(11)17-10-25-22-15(16(17)7-23)6-18(27-22)13-5-14-9-26-28-21(14)24-8-13/h3-6,8-10,29H,1-2H3,(H,25,27)(H,24,26,28). The van der Waals surface area contributed by atoms with Crippen molar-refractivity contribution in [1.29, 1.82) is 5.26 Å². The van der Waals surface area contributed by atoms with Gasteiger partial charge in [0.15, 0.2) is 5.65 Å². The molecule has 5 aromatic rings. The second kappa shape index (κ2) is 6.17. The van der Waals surface area contributed by atoms with Gasteiger partial charge in [0.1, 0.15) is 17.5 Å². The Kier molecular flexibility index (Phi) is 3.61. The minimum Gasteiger partial charge on any atom is -0.508 e. The molecule has 0 atom stereocenters. The molecule has 0 bridgehead atoms. The molecule has 0 amide bonds. The molecule has 0 aliphatic heterocycles. The summed E-state index contributed by atoms with van der Waals surface area (Å²) >= 11 is 0. The van der Waals surface area contributed by atoms with Crippen LogP contribution >= 0.6 is 0 Å². The zero-order chi connectivity index (χ0) is 20.1. The monoisotopic (exact) mass is 380 g/mol. The van der Waals surface area contributed by atoms with Gasteiger partial charge in [-0.25, -0.2) is 9.97 Å². The Bertz CT molecular complexity index is 1450. The first-order valence-corrected chi connectivity index (χ1v) is 9.07. The molecule has 0 aliphatic rings. The highest BCUT2D eigenvalue weighted by Gasteiger charge is 2.18. The number of aromatic hydroxyl groups is 1. The van der Waals surface area contributed by atoms with E-state index >= 15 is 0 Å². The van der Waals surface area contributed by atoms with Crippen LogP contribution in [0.1, 0.15) is 16.7 Å². The van der Waals surface area contributed by atoms with Crippen LogP contribution in [-0.2, 0) is 0 Å². The van der Waals surface area contributed by atoms with E-state index in [1.807, 2.05) is 32.0 Å². The lowest BCUT2D eigenvalue weighted by Gasteiger charge is -2.13. The van der Waals surface area contributed by atoms with Gasteiger partial charge in [-0.05, 0) is 48.7 Å². The maximum atomic E-state index is 10.2. The molecular weight excluding hydrogens is 364 g/mol. The zero-order valence-electron chi connectivity index (χ0n) is 15.8. The number of phenols is 1. The molecule has 3 N–H and O–H groups in total. The van der Waals surface area contributed by atoms with Crippen molar-refractivity contribution in [2.75, 3.05) is 0 Å². The second-order valence-corrected chi connectivity index (χ2v) is 7.04. The van der Waals surface area contributed by atoms with Gasteiger partial charge in [0.05, 0.1) is 11.8 Å². The highest BCUT2D eigenvalue weighted by Crippen LogP contribution is 2.37. The zero-order valence-corrected chi connectivity index (χ0v) is 15.8. The van der Waals surface area contributed by atoms with Crippen LogP contribution in [0.4, 0.5) is 0 Å². The number of H-pyrrole nitrogens is 2. The van der Waals surface area contributed by atoms with Gasteiger partial charge in [0.25, 0.3) is 0 Å². The van der Waals surface area contributed by atoms with E-state index in [0.717, 1.165) is 44.4 Å². The van der Waals surface area contributed by atoms with E-state index in [1.54, 1.807) is 24.7 Å². The molecule has 4 aromatic heterocycles. The molecule has 7 heteroatoms. The average molecular weight is 380 g/mol. The summed E-state index contributed by atoms with van der Waals surface area (Å²) in [5, 5.41) is 28.6. The fourth-order valence-corrected chi connectivity index (χ4v) is 3.77. The first kappa shape index (κ1) is 17.0. The predicted molar refractivity (Wildman–Crippen MR) is 110 cm³/mol. The van der Waals surface area contributed by atoms with Crippen molar-refractivity contribution in [3.8, 4) is 34.2 Å². The van der Waals surface area contributed by atoms with Gasteiger partial charge in [-0.15, -0.1) is 0 Å². The van der Waals surface area contributed by atoms with E-state index in [1.165, 1.54) is 0 Å². The van der Waals surface area contributed by atoms with E-state index in [4.69, 9.17) is 0 Å². The minimum absolute atomic E-state index is 0.198. The molecule has 0 fully saturated rings. The molecule has 29 heavy (non-hydrogen) atoms. The van der Waals surface area contributed by atoms with Crippen molar-refractivity contribution in [1.82, 2.24) is 25.1 Å². The van der Waals surface area contributed by atoms with Crippen LogP contribution in [0.15, 0.2) is 42.9 Å². The fraction of sp³-hybridized carbons (Fsp3) is 0.0909. The number of rotatable bonds is 2. The van der Waals surface area contributed by atoms with Crippen LogP contribution in [0.2, 0.25) is 0 Å². The minimum atomic E-state index is 0.198. The molecule has 0 spiro atoms. The summed E-state index contributed by atoms with van der Waals surface area (Å²) in [5.74, 6) is 0.198. The number of aromatic amines is 2. The third kappa shape index (κ3) is 2.54. The van der Waals surface area contributed by atoms with Gasteiger partial charge in [0, 0.05) is 40.0 Å². The predicted octanol–water partition coefficient (Wildman–Crippen LogP) is 4.36. The van der Waals surface area contributed by atoms with E-state index in [0.29, 0.717) is 16.8 Å². The molecule has 140 valence electrons. The normalized spacial score (nSPS) is 11.2. The summed E-state index contributed by atoms with van der Waals surface area (Å²) in [6.07, 6.45) is 5.16. The smallest absolute Gasteiger partial charge is 0.155 e. The molecule has 0 saturated heterocycles. The lowest BCUT2D eigenvalue weighted by Crippen LogP contribution is -1.94. The largest absolute Gasteiger partial charge is 0.508 e. The Morgan fingerprint density at radius 3 is 2.69 bits per heavy atom. The first-order valence-electron chi connectivity index (χ1n) is 9.07. The number of benzene rings is 1. The Morgan fingerprint density at radius 1 is 1.03 bits per heavy atom.